The number of hydrogen-bond donors (Lipinski definition) is 1. The van der Waals surface area contributed by atoms with Crippen molar-refractivity contribution in [2.24, 2.45) is 11.7 Å². The predicted octanol–water partition coefficient (Wildman–Crippen LogP) is 2.67. The Balaban J connectivity index is 1.78. The number of benzene rings is 1. The molecule has 0 saturated heterocycles. The Bertz CT molecular complexity index is 353. The largest absolute Gasteiger partial charge is 0.468 e. The summed E-state index contributed by atoms with van der Waals surface area (Å²) < 4.78 is 11.9. The summed E-state index contributed by atoms with van der Waals surface area (Å²) in [5.74, 6) is 1.58. The molecule has 0 radical (unpaired) electrons. The molecule has 0 aliphatic heterocycles. The van der Waals surface area contributed by atoms with Crippen LogP contribution in [-0.4, -0.2) is 13.4 Å². The minimum absolute atomic E-state index is 0.322. The van der Waals surface area contributed by atoms with Gasteiger partial charge >= 0.3 is 0 Å². The van der Waals surface area contributed by atoms with Crippen LogP contribution in [0, 0.1) is 5.92 Å². The maximum atomic E-state index is 5.61. The minimum Gasteiger partial charge on any atom is -0.468 e. The highest BCUT2D eigenvalue weighted by Crippen LogP contribution is 2.28. The van der Waals surface area contributed by atoms with Crippen molar-refractivity contribution in [3.8, 4) is 5.75 Å². The van der Waals surface area contributed by atoms with E-state index < -0.39 is 0 Å². The average molecular weight is 286 g/mol. The van der Waals surface area contributed by atoms with Gasteiger partial charge in [0.1, 0.15) is 5.75 Å². The molecule has 3 nitrogen and oxygen atoms in total. The van der Waals surface area contributed by atoms with Crippen molar-refractivity contribution in [1.82, 2.24) is 0 Å². The van der Waals surface area contributed by atoms with Crippen LogP contribution in [0.2, 0.25) is 0 Å². The Labute approximate surface area is 104 Å². The van der Waals surface area contributed by atoms with Crippen LogP contribution in [0.5, 0.6) is 5.75 Å². The summed E-state index contributed by atoms with van der Waals surface area (Å²) in [4.78, 5) is 0. The standard InChI is InChI=1S/C12H16BrNO2/c13-12-4-3-11(5-10(12)6-14)16-8-15-7-9-1-2-9/h3-5,9H,1-2,6-8,14H2. The van der Waals surface area contributed by atoms with Gasteiger partial charge in [0.2, 0.25) is 0 Å². The number of halogens is 1. The van der Waals surface area contributed by atoms with Gasteiger partial charge in [-0.3, -0.25) is 0 Å². The van der Waals surface area contributed by atoms with Crippen molar-refractivity contribution in [1.29, 1.82) is 0 Å². The van der Waals surface area contributed by atoms with Crippen molar-refractivity contribution < 1.29 is 9.47 Å². The quantitative estimate of drug-likeness (QED) is 0.646. The van der Waals surface area contributed by atoms with E-state index in [-0.39, 0.29) is 0 Å². The molecule has 0 aromatic heterocycles. The van der Waals surface area contributed by atoms with Crippen molar-refractivity contribution in [2.75, 3.05) is 13.4 Å². The third kappa shape index (κ3) is 3.47. The fraction of sp³-hybridized carbons (Fsp3) is 0.500. The molecule has 1 saturated carbocycles. The minimum atomic E-state index is 0.322. The Morgan fingerprint density at radius 3 is 2.88 bits per heavy atom. The second kappa shape index (κ2) is 5.66. The maximum absolute atomic E-state index is 5.61. The first-order valence-electron chi connectivity index (χ1n) is 5.48. The molecule has 0 spiro atoms. The molecule has 0 unspecified atom stereocenters. The van der Waals surface area contributed by atoms with Crippen molar-refractivity contribution >= 4 is 15.9 Å². The topological polar surface area (TPSA) is 44.5 Å². The van der Waals surface area contributed by atoms with E-state index in [1.165, 1.54) is 12.8 Å². The number of hydrogen-bond acceptors (Lipinski definition) is 3. The second-order valence-corrected chi connectivity index (χ2v) is 4.89. The van der Waals surface area contributed by atoms with Crippen LogP contribution in [0.4, 0.5) is 0 Å². The van der Waals surface area contributed by atoms with E-state index in [9.17, 15) is 0 Å². The molecule has 1 aromatic rings. The van der Waals surface area contributed by atoms with Gasteiger partial charge in [-0.15, -0.1) is 0 Å². The lowest BCUT2D eigenvalue weighted by Gasteiger charge is -2.09. The summed E-state index contributed by atoms with van der Waals surface area (Å²) in [7, 11) is 0. The van der Waals surface area contributed by atoms with Gasteiger partial charge in [0.05, 0.1) is 6.61 Å². The highest BCUT2D eigenvalue weighted by molar-refractivity contribution is 9.10. The Hall–Kier alpha value is -0.580. The molecular formula is C12H16BrNO2. The van der Waals surface area contributed by atoms with Gasteiger partial charge in [-0.2, -0.15) is 0 Å². The van der Waals surface area contributed by atoms with E-state index >= 15 is 0 Å². The van der Waals surface area contributed by atoms with E-state index in [0.29, 0.717) is 13.3 Å². The molecule has 2 N–H and O–H groups in total. The van der Waals surface area contributed by atoms with Crippen LogP contribution in [0.1, 0.15) is 18.4 Å². The lowest BCUT2D eigenvalue weighted by atomic mass is 10.2. The molecule has 4 heteroatoms. The van der Waals surface area contributed by atoms with Gasteiger partial charge in [0, 0.05) is 11.0 Å². The fourth-order valence-electron chi connectivity index (χ4n) is 1.41. The molecule has 1 aromatic carbocycles. The van der Waals surface area contributed by atoms with Crippen LogP contribution in [-0.2, 0) is 11.3 Å². The fourth-order valence-corrected chi connectivity index (χ4v) is 1.81. The normalized spacial score (nSPS) is 15.1. The molecule has 16 heavy (non-hydrogen) atoms. The Morgan fingerprint density at radius 2 is 2.19 bits per heavy atom. The number of nitrogens with two attached hydrogens (primary N) is 1. The van der Waals surface area contributed by atoms with E-state index in [1.54, 1.807) is 0 Å². The van der Waals surface area contributed by atoms with E-state index in [1.807, 2.05) is 18.2 Å². The van der Waals surface area contributed by atoms with Crippen LogP contribution in [0.25, 0.3) is 0 Å². The van der Waals surface area contributed by atoms with Crippen molar-refractivity contribution in [3.63, 3.8) is 0 Å². The molecule has 2 rings (SSSR count). The first-order valence-corrected chi connectivity index (χ1v) is 6.28. The summed E-state index contributed by atoms with van der Waals surface area (Å²) in [6.07, 6.45) is 2.60. The first kappa shape index (κ1) is 11.9. The van der Waals surface area contributed by atoms with Crippen LogP contribution < -0.4 is 10.5 Å². The zero-order valence-corrected chi connectivity index (χ0v) is 10.7. The Kier molecular flexibility index (Phi) is 4.21. The van der Waals surface area contributed by atoms with E-state index in [0.717, 1.165) is 28.3 Å². The molecule has 0 heterocycles. The molecule has 0 bridgehead atoms. The molecular weight excluding hydrogens is 270 g/mol. The summed E-state index contributed by atoms with van der Waals surface area (Å²) in [5.41, 5.74) is 6.65. The smallest absolute Gasteiger partial charge is 0.189 e. The summed E-state index contributed by atoms with van der Waals surface area (Å²) in [6, 6.07) is 5.78. The lowest BCUT2D eigenvalue weighted by molar-refractivity contribution is 0.00994. The summed E-state index contributed by atoms with van der Waals surface area (Å²) >= 11 is 3.43. The van der Waals surface area contributed by atoms with Crippen LogP contribution >= 0.6 is 15.9 Å². The molecule has 0 atom stereocenters. The van der Waals surface area contributed by atoms with Crippen molar-refractivity contribution in [3.05, 3.63) is 28.2 Å². The maximum Gasteiger partial charge on any atom is 0.189 e. The van der Waals surface area contributed by atoms with Crippen LogP contribution in [0.15, 0.2) is 22.7 Å². The SMILES string of the molecule is NCc1cc(OCOCC2CC2)ccc1Br. The number of ether oxygens (including phenoxy) is 2. The van der Waals surface area contributed by atoms with Gasteiger partial charge in [0.15, 0.2) is 6.79 Å². The summed E-state index contributed by atoms with van der Waals surface area (Å²) in [5, 5.41) is 0. The predicted molar refractivity (Wildman–Crippen MR) is 66.2 cm³/mol. The molecule has 88 valence electrons. The zero-order valence-electron chi connectivity index (χ0n) is 9.12. The van der Waals surface area contributed by atoms with Crippen molar-refractivity contribution in [2.45, 2.75) is 19.4 Å². The third-order valence-electron chi connectivity index (χ3n) is 2.60. The van der Waals surface area contributed by atoms with Gasteiger partial charge in [-0.1, -0.05) is 15.9 Å². The van der Waals surface area contributed by atoms with Gasteiger partial charge in [-0.25, -0.2) is 0 Å². The van der Waals surface area contributed by atoms with Gasteiger partial charge in [-0.05, 0) is 42.5 Å². The highest BCUT2D eigenvalue weighted by atomic mass is 79.9. The highest BCUT2D eigenvalue weighted by Gasteiger charge is 2.21. The van der Waals surface area contributed by atoms with E-state index in [4.69, 9.17) is 15.2 Å². The molecule has 1 fully saturated rings. The average Bonchev–Trinajstić information content (AvgIpc) is 3.10. The van der Waals surface area contributed by atoms with E-state index in [2.05, 4.69) is 15.9 Å². The Morgan fingerprint density at radius 1 is 1.38 bits per heavy atom. The molecule has 0 amide bonds. The summed E-state index contributed by atoms with van der Waals surface area (Å²) in [6.45, 7) is 1.64. The second-order valence-electron chi connectivity index (χ2n) is 4.03. The monoisotopic (exact) mass is 285 g/mol. The molecule has 1 aliphatic carbocycles. The molecule has 1 aliphatic rings. The zero-order chi connectivity index (χ0) is 11.4. The first-order chi connectivity index (χ1) is 7.79. The number of rotatable bonds is 6. The van der Waals surface area contributed by atoms with Gasteiger partial charge < -0.3 is 15.2 Å². The lowest BCUT2D eigenvalue weighted by Crippen LogP contribution is -2.06. The van der Waals surface area contributed by atoms with Crippen LogP contribution in [0.3, 0.4) is 0 Å². The third-order valence-corrected chi connectivity index (χ3v) is 3.37. The van der Waals surface area contributed by atoms with Gasteiger partial charge in [0.25, 0.3) is 0 Å².